The van der Waals surface area contributed by atoms with Gasteiger partial charge in [-0.05, 0) is 12.3 Å². The molecule has 0 aliphatic carbocycles. The molecule has 0 saturated heterocycles. The minimum Gasteiger partial charge on any atom is -0.356 e. The maximum Gasteiger partial charge on any atom is 0.203 e. The number of benzene rings is 1. The fourth-order valence-corrected chi connectivity index (χ4v) is 2.65. The Bertz CT molecular complexity index is 528. The Labute approximate surface area is 108 Å². The van der Waals surface area contributed by atoms with Crippen LogP contribution in [-0.2, 0) is 0 Å². The second-order valence-electron chi connectivity index (χ2n) is 5.25. The molecule has 1 unspecified atom stereocenters. The lowest BCUT2D eigenvalue weighted by Gasteiger charge is -2.28. The zero-order valence-electron chi connectivity index (χ0n) is 10.9. The lowest BCUT2D eigenvalue weighted by atomic mass is 10.00. The molecule has 1 N–H and O–H groups in total. The lowest BCUT2D eigenvalue weighted by Crippen LogP contribution is -2.25. The van der Waals surface area contributed by atoms with Gasteiger partial charge in [0.15, 0.2) is 0 Å². The van der Waals surface area contributed by atoms with Crippen LogP contribution in [0.15, 0.2) is 36.5 Å². The minimum atomic E-state index is 0.561. The smallest absolute Gasteiger partial charge is 0.203 e. The molecule has 0 spiro atoms. The van der Waals surface area contributed by atoms with Crippen molar-refractivity contribution in [3.8, 4) is 11.3 Å². The van der Waals surface area contributed by atoms with Gasteiger partial charge in [-0.15, -0.1) is 0 Å². The zero-order chi connectivity index (χ0) is 12.5. The Morgan fingerprint density at radius 2 is 2.06 bits per heavy atom. The number of rotatable bonds is 2. The molecule has 0 fully saturated rings. The van der Waals surface area contributed by atoms with E-state index in [1.54, 1.807) is 0 Å². The molecule has 2 heterocycles. The highest BCUT2D eigenvalue weighted by molar-refractivity contribution is 5.60. The molecular formula is C15H19N3. The first-order valence-corrected chi connectivity index (χ1v) is 6.64. The first-order valence-electron chi connectivity index (χ1n) is 6.64. The van der Waals surface area contributed by atoms with Gasteiger partial charge in [-0.25, -0.2) is 4.98 Å². The average Bonchev–Trinajstić information content (AvgIpc) is 2.83. The van der Waals surface area contributed by atoms with E-state index < -0.39 is 0 Å². The summed E-state index contributed by atoms with van der Waals surface area (Å²) in [6, 6.07) is 10.9. The van der Waals surface area contributed by atoms with Crippen LogP contribution in [0.4, 0.5) is 5.95 Å². The highest BCUT2D eigenvalue weighted by Crippen LogP contribution is 2.32. The van der Waals surface area contributed by atoms with Crippen molar-refractivity contribution in [2.45, 2.75) is 26.3 Å². The van der Waals surface area contributed by atoms with Gasteiger partial charge in [0.2, 0.25) is 5.95 Å². The van der Waals surface area contributed by atoms with Gasteiger partial charge in [0.25, 0.3) is 0 Å². The highest BCUT2D eigenvalue weighted by atomic mass is 15.2. The normalized spacial score (nSPS) is 18.5. The van der Waals surface area contributed by atoms with E-state index in [1.807, 2.05) is 6.07 Å². The molecule has 3 nitrogen and oxygen atoms in total. The van der Waals surface area contributed by atoms with Crippen LogP contribution in [0.1, 0.15) is 26.3 Å². The molecule has 1 aromatic carbocycles. The molecular weight excluding hydrogens is 222 g/mol. The van der Waals surface area contributed by atoms with Gasteiger partial charge >= 0.3 is 0 Å². The quantitative estimate of drug-likeness (QED) is 0.871. The summed E-state index contributed by atoms with van der Waals surface area (Å²) in [5.41, 5.74) is 2.24. The third-order valence-electron chi connectivity index (χ3n) is 3.65. The number of nitrogens with one attached hydrogen (secondary N) is 1. The molecule has 3 rings (SSSR count). The van der Waals surface area contributed by atoms with Crippen molar-refractivity contribution in [1.82, 2.24) is 9.55 Å². The summed E-state index contributed by atoms with van der Waals surface area (Å²) >= 11 is 0. The van der Waals surface area contributed by atoms with E-state index >= 15 is 0 Å². The average molecular weight is 241 g/mol. The predicted molar refractivity (Wildman–Crippen MR) is 74.6 cm³/mol. The van der Waals surface area contributed by atoms with E-state index in [0.717, 1.165) is 18.2 Å². The third-order valence-corrected chi connectivity index (χ3v) is 3.65. The van der Waals surface area contributed by atoms with Crippen molar-refractivity contribution >= 4 is 5.95 Å². The Hall–Kier alpha value is -1.77. The van der Waals surface area contributed by atoms with Crippen LogP contribution in [0.5, 0.6) is 0 Å². The van der Waals surface area contributed by atoms with Crippen molar-refractivity contribution in [3.05, 3.63) is 36.5 Å². The lowest BCUT2D eigenvalue weighted by molar-refractivity contribution is 0.350. The number of hydrogen-bond acceptors (Lipinski definition) is 2. The van der Waals surface area contributed by atoms with Crippen LogP contribution in [0.2, 0.25) is 0 Å². The fraction of sp³-hybridized carbons (Fsp3) is 0.400. The van der Waals surface area contributed by atoms with Gasteiger partial charge in [0, 0.05) is 24.3 Å². The molecule has 1 atom stereocenters. The Morgan fingerprint density at radius 1 is 1.28 bits per heavy atom. The second kappa shape index (κ2) is 4.48. The molecule has 0 amide bonds. The van der Waals surface area contributed by atoms with E-state index in [-0.39, 0.29) is 0 Å². The molecule has 3 heteroatoms. The summed E-state index contributed by atoms with van der Waals surface area (Å²) in [7, 11) is 0. The van der Waals surface area contributed by atoms with Gasteiger partial charge in [-0.1, -0.05) is 44.2 Å². The molecule has 0 radical (unpaired) electrons. The van der Waals surface area contributed by atoms with Crippen LogP contribution < -0.4 is 5.32 Å². The SMILES string of the molecule is CC(C)C1CCNc2nc(-c3ccccc3)cn21. The molecule has 2 aromatic rings. The monoisotopic (exact) mass is 241 g/mol. The summed E-state index contributed by atoms with van der Waals surface area (Å²) in [6.07, 6.45) is 3.36. The largest absolute Gasteiger partial charge is 0.356 e. The molecule has 1 aliphatic heterocycles. The zero-order valence-corrected chi connectivity index (χ0v) is 10.9. The Morgan fingerprint density at radius 3 is 2.78 bits per heavy atom. The number of aromatic nitrogens is 2. The highest BCUT2D eigenvalue weighted by Gasteiger charge is 2.23. The summed E-state index contributed by atoms with van der Waals surface area (Å²) in [5.74, 6) is 1.66. The third kappa shape index (κ3) is 1.90. The molecule has 0 bridgehead atoms. The summed E-state index contributed by atoms with van der Waals surface area (Å²) in [4.78, 5) is 4.71. The number of imidazole rings is 1. The van der Waals surface area contributed by atoms with Gasteiger partial charge in [0.05, 0.1) is 5.69 Å². The Balaban J connectivity index is 2.01. The molecule has 1 aromatic heterocycles. The van der Waals surface area contributed by atoms with E-state index in [4.69, 9.17) is 4.98 Å². The van der Waals surface area contributed by atoms with Crippen LogP contribution >= 0.6 is 0 Å². The summed E-state index contributed by atoms with van der Waals surface area (Å²) in [5, 5.41) is 3.39. The van der Waals surface area contributed by atoms with Crippen molar-refractivity contribution in [2.75, 3.05) is 11.9 Å². The predicted octanol–water partition coefficient (Wildman–Crippen LogP) is 3.56. The number of anilines is 1. The Kier molecular flexibility index (Phi) is 2.82. The van der Waals surface area contributed by atoms with Crippen molar-refractivity contribution in [3.63, 3.8) is 0 Å². The van der Waals surface area contributed by atoms with Crippen molar-refractivity contribution in [1.29, 1.82) is 0 Å². The van der Waals surface area contributed by atoms with Gasteiger partial charge in [-0.2, -0.15) is 0 Å². The maximum absolute atomic E-state index is 4.71. The standard InChI is InChI=1S/C15H19N3/c1-11(2)14-8-9-16-15-17-13(10-18(14)15)12-6-4-3-5-7-12/h3-7,10-11,14H,8-9H2,1-2H3,(H,16,17). The fourth-order valence-electron chi connectivity index (χ4n) is 2.65. The first-order chi connectivity index (χ1) is 8.75. The number of hydrogen-bond donors (Lipinski definition) is 1. The van der Waals surface area contributed by atoms with Gasteiger partial charge in [0.1, 0.15) is 0 Å². The second-order valence-corrected chi connectivity index (χ2v) is 5.25. The van der Waals surface area contributed by atoms with Crippen molar-refractivity contribution < 1.29 is 0 Å². The minimum absolute atomic E-state index is 0.561. The van der Waals surface area contributed by atoms with Crippen molar-refractivity contribution in [2.24, 2.45) is 5.92 Å². The summed E-state index contributed by atoms with van der Waals surface area (Å²) in [6.45, 7) is 5.58. The number of nitrogens with zero attached hydrogens (tertiary/aromatic N) is 2. The molecule has 18 heavy (non-hydrogen) atoms. The molecule has 0 saturated carbocycles. The van der Waals surface area contributed by atoms with E-state index in [9.17, 15) is 0 Å². The topological polar surface area (TPSA) is 29.9 Å². The van der Waals surface area contributed by atoms with Crippen LogP contribution in [-0.4, -0.2) is 16.1 Å². The van der Waals surface area contributed by atoms with Gasteiger partial charge in [-0.3, -0.25) is 0 Å². The summed E-state index contributed by atoms with van der Waals surface area (Å²) < 4.78 is 2.30. The van der Waals surface area contributed by atoms with Crippen LogP contribution in [0, 0.1) is 5.92 Å². The molecule has 1 aliphatic rings. The maximum atomic E-state index is 4.71. The van der Waals surface area contributed by atoms with Gasteiger partial charge < -0.3 is 9.88 Å². The number of fused-ring (bicyclic) bond motifs is 1. The van der Waals surface area contributed by atoms with Crippen LogP contribution in [0.25, 0.3) is 11.3 Å². The first kappa shape index (κ1) is 11.3. The van der Waals surface area contributed by atoms with E-state index in [2.05, 4.69) is 54.2 Å². The van der Waals surface area contributed by atoms with Crippen LogP contribution in [0.3, 0.4) is 0 Å². The molecule has 94 valence electrons. The van der Waals surface area contributed by atoms with E-state index in [1.165, 1.54) is 12.0 Å². The van der Waals surface area contributed by atoms with E-state index in [0.29, 0.717) is 12.0 Å².